The third kappa shape index (κ3) is 5.11. The molecule has 0 aliphatic rings. The van der Waals surface area contributed by atoms with Crippen LogP contribution in [0.4, 0.5) is 30.5 Å². The second-order valence-electron chi connectivity index (χ2n) is 8.42. The molecule has 3 aromatic rings. The monoisotopic (exact) mass is 497 g/mol. The third-order valence-corrected chi connectivity index (χ3v) is 5.82. The summed E-state index contributed by atoms with van der Waals surface area (Å²) in [5.41, 5.74) is -1.18. The molecule has 1 amide bonds. The molecular formula is C22H26F3N5O3S. The number of aryl methyl sites for hydroxylation is 2. The smallest absolute Gasteiger partial charge is 0.417 e. The van der Waals surface area contributed by atoms with Gasteiger partial charge in [0.15, 0.2) is 17.4 Å². The first-order chi connectivity index (χ1) is 15.8. The molecule has 3 N–H and O–H groups in total. The van der Waals surface area contributed by atoms with E-state index in [9.17, 15) is 23.1 Å². The Labute approximate surface area is 199 Å². The molecule has 0 saturated carbocycles. The van der Waals surface area contributed by atoms with Crippen LogP contribution in [0.15, 0.2) is 22.6 Å². The number of amides is 1. The lowest BCUT2D eigenvalue weighted by atomic mass is 10.0. The topological polar surface area (TPSA) is 104 Å². The Hall–Kier alpha value is -3.28. The van der Waals surface area contributed by atoms with Gasteiger partial charge in [0.05, 0.1) is 34.6 Å². The summed E-state index contributed by atoms with van der Waals surface area (Å²) in [5, 5.41) is 16.7. The molecule has 8 nitrogen and oxygen atoms in total. The van der Waals surface area contributed by atoms with E-state index in [0.717, 1.165) is 40.1 Å². The summed E-state index contributed by atoms with van der Waals surface area (Å²) in [7, 11) is 2.61. The van der Waals surface area contributed by atoms with Gasteiger partial charge < -0.3 is 25.1 Å². The van der Waals surface area contributed by atoms with Gasteiger partial charge in [0.25, 0.3) is 5.91 Å². The first kappa shape index (κ1) is 25.3. The lowest BCUT2D eigenvalue weighted by Gasteiger charge is -2.21. The van der Waals surface area contributed by atoms with Gasteiger partial charge in [0.2, 0.25) is 0 Å². The van der Waals surface area contributed by atoms with Crippen LogP contribution in [0.25, 0.3) is 0 Å². The number of furan rings is 1. The highest BCUT2D eigenvalue weighted by Crippen LogP contribution is 2.41. The second kappa shape index (κ2) is 9.53. The van der Waals surface area contributed by atoms with Crippen molar-refractivity contribution in [3.63, 3.8) is 0 Å². The Morgan fingerprint density at radius 1 is 1.18 bits per heavy atom. The van der Waals surface area contributed by atoms with Crippen LogP contribution in [0, 0.1) is 19.8 Å². The fourth-order valence-electron chi connectivity index (χ4n) is 3.33. The molecule has 3 rings (SSSR count). The van der Waals surface area contributed by atoms with E-state index in [2.05, 4.69) is 19.4 Å². The van der Waals surface area contributed by atoms with Crippen molar-refractivity contribution in [2.24, 2.45) is 5.92 Å². The highest BCUT2D eigenvalue weighted by Gasteiger charge is 2.38. The van der Waals surface area contributed by atoms with Crippen molar-refractivity contribution in [2.75, 3.05) is 24.7 Å². The molecule has 34 heavy (non-hydrogen) atoms. The summed E-state index contributed by atoms with van der Waals surface area (Å²) in [4.78, 5) is 13.4. The van der Waals surface area contributed by atoms with Crippen LogP contribution in [-0.2, 0) is 6.18 Å². The number of carbonyl (C=O) groups excluding carboxylic acids is 1. The number of nitrogens with one attached hydrogen (secondary N) is 2. The number of phenols is 1. The van der Waals surface area contributed by atoms with Gasteiger partial charge in [-0.15, -0.1) is 0 Å². The van der Waals surface area contributed by atoms with E-state index < -0.39 is 29.0 Å². The van der Waals surface area contributed by atoms with Crippen LogP contribution in [0.5, 0.6) is 5.75 Å². The zero-order valence-electron chi connectivity index (χ0n) is 19.5. The van der Waals surface area contributed by atoms with E-state index in [0.29, 0.717) is 11.6 Å². The number of hydrogen-bond donors (Lipinski definition) is 3. The first-order valence-electron chi connectivity index (χ1n) is 10.4. The quantitative estimate of drug-likeness (QED) is 0.358. The number of benzene rings is 1. The normalized spacial score (nSPS) is 12.6. The number of carbonyl (C=O) groups is 1. The summed E-state index contributed by atoms with van der Waals surface area (Å²) < 4.78 is 54.7. The van der Waals surface area contributed by atoms with E-state index >= 15 is 0 Å². The van der Waals surface area contributed by atoms with Gasteiger partial charge in [-0.1, -0.05) is 13.8 Å². The minimum absolute atomic E-state index is 0.100. The number of phenolic OH excluding ortho intramolecular Hbond substituents is 1. The molecule has 184 valence electrons. The Morgan fingerprint density at radius 3 is 2.35 bits per heavy atom. The molecule has 0 bridgehead atoms. The van der Waals surface area contributed by atoms with Gasteiger partial charge in [-0.25, -0.2) is 0 Å². The maximum absolute atomic E-state index is 13.5. The Kier molecular flexibility index (Phi) is 7.10. The zero-order chi connectivity index (χ0) is 25.4. The third-order valence-electron chi connectivity index (χ3n) is 5.30. The van der Waals surface area contributed by atoms with Gasteiger partial charge in [-0.3, -0.25) is 4.79 Å². The van der Waals surface area contributed by atoms with Crippen LogP contribution < -0.4 is 10.6 Å². The molecule has 0 spiro atoms. The highest BCUT2D eigenvalue weighted by molar-refractivity contribution is 6.99. The minimum atomic E-state index is -4.82. The number of halogens is 3. The van der Waals surface area contributed by atoms with E-state index in [1.165, 1.54) is 14.1 Å². The van der Waals surface area contributed by atoms with Crippen LogP contribution in [0.2, 0.25) is 0 Å². The maximum atomic E-state index is 13.5. The van der Waals surface area contributed by atoms with Crippen molar-refractivity contribution >= 4 is 35.0 Å². The van der Waals surface area contributed by atoms with Crippen molar-refractivity contribution in [1.29, 1.82) is 0 Å². The summed E-state index contributed by atoms with van der Waals surface area (Å²) >= 11 is 0.879. The minimum Gasteiger partial charge on any atom is -0.505 e. The Bertz CT molecular complexity index is 1170. The zero-order valence-corrected chi connectivity index (χ0v) is 20.4. The standard InChI is InChI=1S/C22H26F3N5O3S/c1-10(2)17(15-9-11(3)12(4)33-15)27-20-19(28-34-29-20)26-14-8-7-13(22(23,24)25)16(18(14)31)21(32)30(5)6/h7-10,17,31H,1-6H3,(H,26,28)(H,27,29)/t17-/m1/s1. The van der Waals surface area contributed by atoms with Gasteiger partial charge in [0, 0.05) is 14.1 Å². The maximum Gasteiger partial charge on any atom is 0.417 e. The van der Waals surface area contributed by atoms with Crippen LogP contribution in [0.1, 0.15) is 52.9 Å². The lowest BCUT2D eigenvalue weighted by Crippen LogP contribution is -2.25. The van der Waals surface area contributed by atoms with Gasteiger partial charge in [0.1, 0.15) is 11.5 Å². The number of hydrogen-bond acceptors (Lipinski definition) is 8. The van der Waals surface area contributed by atoms with E-state index in [4.69, 9.17) is 4.42 Å². The van der Waals surface area contributed by atoms with E-state index in [1.54, 1.807) is 0 Å². The fraction of sp³-hybridized carbons (Fsp3) is 0.409. The average molecular weight is 498 g/mol. The Balaban J connectivity index is 1.97. The van der Waals surface area contributed by atoms with Gasteiger partial charge in [-0.2, -0.15) is 21.9 Å². The lowest BCUT2D eigenvalue weighted by molar-refractivity contribution is -0.138. The fourth-order valence-corrected chi connectivity index (χ4v) is 3.81. The van der Waals surface area contributed by atoms with Crippen molar-refractivity contribution in [3.8, 4) is 5.75 Å². The number of aromatic hydroxyl groups is 1. The van der Waals surface area contributed by atoms with Crippen molar-refractivity contribution in [3.05, 3.63) is 46.4 Å². The predicted octanol–water partition coefficient (Wildman–Crippen LogP) is 5.73. The average Bonchev–Trinajstić information content (AvgIpc) is 3.31. The van der Waals surface area contributed by atoms with Gasteiger partial charge >= 0.3 is 6.18 Å². The largest absolute Gasteiger partial charge is 0.505 e. The first-order valence-corrected chi connectivity index (χ1v) is 11.1. The number of aromatic nitrogens is 2. The van der Waals surface area contributed by atoms with Crippen molar-refractivity contribution in [1.82, 2.24) is 13.6 Å². The van der Waals surface area contributed by atoms with E-state index in [-0.39, 0.29) is 23.5 Å². The molecular weight excluding hydrogens is 471 g/mol. The summed E-state index contributed by atoms with van der Waals surface area (Å²) in [5.74, 6) is 0.314. The molecule has 0 aliphatic carbocycles. The molecule has 1 aromatic carbocycles. The molecule has 0 aliphatic heterocycles. The Morgan fingerprint density at radius 2 is 1.82 bits per heavy atom. The molecule has 0 saturated heterocycles. The summed E-state index contributed by atoms with van der Waals surface area (Å²) in [6.45, 7) is 7.81. The highest BCUT2D eigenvalue weighted by atomic mass is 32.1. The van der Waals surface area contributed by atoms with Crippen LogP contribution in [-0.4, -0.2) is 38.8 Å². The number of nitrogens with zero attached hydrogens (tertiary/aromatic N) is 3. The molecule has 2 heterocycles. The van der Waals surface area contributed by atoms with Crippen molar-refractivity contribution < 1.29 is 27.5 Å². The van der Waals surface area contributed by atoms with Crippen LogP contribution >= 0.6 is 11.7 Å². The van der Waals surface area contributed by atoms with Crippen LogP contribution in [0.3, 0.4) is 0 Å². The second-order valence-corrected chi connectivity index (χ2v) is 8.95. The molecule has 0 unspecified atom stereocenters. The SMILES string of the molecule is Cc1cc([C@H](Nc2nsnc2Nc2ccc(C(F)(F)F)c(C(=O)N(C)C)c2O)C(C)C)oc1C. The van der Waals surface area contributed by atoms with E-state index in [1.807, 2.05) is 33.8 Å². The predicted molar refractivity (Wildman–Crippen MR) is 124 cm³/mol. The summed E-state index contributed by atoms with van der Waals surface area (Å²) in [6.07, 6.45) is -4.82. The molecule has 12 heteroatoms. The number of alkyl halides is 3. The molecule has 2 aromatic heterocycles. The molecule has 0 fully saturated rings. The van der Waals surface area contributed by atoms with Gasteiger partial charge in [-0.05, 0) is 43.5 Å². The van der Waals surface area contributed by atoms with Crippen molar-refractivity contribution in [2.45, 2.75) is 39.9 Å². The number of rotatable bonds is 7. The summed E-state index contributed by atoms with van der Waals surface area (Å²) in [6, 6.07) is 3.47. The molecule has 0 radical (unpaired) electrons. The molecule has 1 atom stereocenters. The number of anilines is 3.